The van der Waals surface area contributed by atoms with Crippen LogP contribution in [-0.4, -0.2) is 24.7 Å². The van der Waals surface area contributed by atoms with Crippen LogP contribution in [0, 0.1) is 18.8 Å². The third-order valence-corrected chi connectivity index (χ3v) is 6.54. The second-order valence-corrected chi connectivity index (χ2v) is 9.53. The number of hydrogen-bond donors (Lipinski definition) is 1. The zero-order valence-electron chi connectivity index (χ0n) is 20.1. The van der Waals surface area contributed by atoms with Crippen LogP contribution < -0.4 is 5.32 Å². The molecule has 4 nitrogen and oxygen atoms in total. The summed E-state index contributed by atoms with van der Waals surface area (Å²) in [7, 11) is 0. The molecular formula is C26H30Cl2F3NO3. The summed E-state index contributed by atoms with van der Waals surface area (Å²) in [5.74, 6) is -5.09. The van der Waals surface area contributed by atoms with Gasteiger partial charge < -0.3 is 10.1 Å². The van der Waals surface area contributed by atoms with Gasteiger partial charge in [-0.3, -0.25) is 9.59 Å². The number of halogens is 5. The normalized spacial score (nSPS) is 14.2. The number of ether oxygens (including phenoxy) is 1. The van der Waals surface area contributed by atoms with E-state index in [1.165, 1.54) is 24.3 Å². The molecule has 9 heteroatoms. The Morgan fingerprint density at radius 3 is 2.26 bits per heavy atom. The van der Waals surface area contributed by atoms with Crippen molar-refractivity contribution in [1.29, 1.82) is 0 Å². The van der Waals surface area contributed by atoms with Crippen LogP contribution in [0.4, 0.5) is 18.9 Å². The molecule has 2 rings (SSSR count). The summed E-state index contributed by atoms with van der Waals surface area (Å²) in [6.45, 7) is 6.76. The van der Waals surface area contributed by atoms with Gasteiger partial charge >= 0.3 is 12.1 Å². The van der Waals surface area contributed by atoms with Crippen molar-refractivity contribution >= 4 is 40.8 Å². The number of rotatable bonds is 10. The predicted molar refractivity (Wildman–Crippen MR) is 133 cm³/mol. The first kappa shape index (κ1) is 29.0. The maximum atomic E-state index is 13.6. The molecule has 0 aromatic heterocycles. The average Bonchev–Trinajstić information content (AvgIpc) is 2.79. The number of carbonyl (C=O) groups is 2. The van der Waals surface area contributed by atoms with Gasteiger partial charge in [-0.2, -0.15) is 13.2 Å². The number of carbonyl (C=O) groups excluding carboxylic acids is 2. The first-order valence-corrected chi connectivity index (χ1v) is 12.2. The Morgan fingerprint density at radius 2 is 1.69 bits per heavy atom. The Labute approximate surface area is 214 Å². The van der Waals surface area contributed by atoms with Gasteiger partial charge in [0, 0.05) is 5.02 Å². The number of alkyl halides is 3. The molecule has 0 radical (unpaired) electrons. The fraction of sp³-hybridized carbons (Fsp3) is 0.462. The van der Waals surface area contributed by atoms with Gasteiger partial charge in [-0.15, -0.1) is 0 Å². The van der Waals surface area contributed by atoms with E-state index >= 15 is 0 Å². The molecule has 35 heavy (non-hydrogen) atoms. The van der Waals surface area contributed by atoms with Crippen molar-refractivity contribution in [3.05, 3.63) is 63.1 Å². The van der Waals surface area contributed by atoms with E-state index in [4.69, 9.17) is 27.9 Å². The van der Waals surface area contributed by atoms with Gasteiger partial charge in [0.25, 0.3) is 0 Å². The molecule has 0 aliphatic heterocycles. The molecule has 3 atom stereocenters. The maximum Gasteiger partial charge on any atom is 0.392 e. The highest BCUT2D eigenvalue weighted by Gasteiger charge is 2.45. The fourth-order valence-corrected chi connectivity index (χ4v) is 4.07. The van der Waals surface area contributed by atoms with E-state index in [-0.39, 0.29) is 22.2 Å². The highest BCUT2D eigenvalue weighted by molar-refractivity contribution is 6.34. The summed E-state index contributed by atoms with van der Waals surface area (Å²) in [5.41, 5.74) is 1.71. The van der Waals surface area contributed by atoms with Crippen LogP contribution in [0.5, 0.6) is 0 Å². The van der Waals surface area contributed by atoms with E-state index in [1.807, 2.05) is 6.92 Å². The lowest BCUT2D eigenvalue weighted by Crippen LogP contribution is -2.34. The molecule has 1 N–H and O–H groups in total. The minimum atomic E-state index is -4.60. The summed E-state index contributed by atoms with van der Waals surface area (Å²) in [5, 5.41) is 3.15. The summed E-state index contributed by atoms with van der Waals surface area (Å²) in [4.78, 5) is 25.5. The van der Waals surface area contributed by atoms with Gasteiger partial charge in [0.15, 0.2) is 0 Å². The predicted octanol–water partition coefficient (Wildman–Crippen LogP) is 7.74. The molecule has 0 spiro atoms. The Morgan fingerprint density at radius 1 is 1.06 bits per heavy atom. The summed E-state index contributed by atoms with van der Waals surface area (Å²) in [6, 6.07) is 8.99. The second kappa shape index (κ2) is 12.6. The van der Waals surface area contributed by atoms with Crippen molar-refractivity contribution in [2.24, 2.45) is 11.8 Å². The van der Waals surface area contributed by atoms with Crippen LogP contribution in [0.1, 0.15) is 56.2 Å². The van der Waals surface area contributed by atoms with E-state index in [2.05, 4.69) is 5.32 Å². The van der Waals surface area contributed by atoms with E-state index in [1.54, 1.807) is 26.0 Å². The van der Waals surface area contributed by atoms with Crippen molar-refractivity contribution < 1.29 is 27.5 Å². The van der Waals surface area contributed by atoms with Crippen molar-refractivity contribution in [3.8, 4) is 0 Å². The van der Waals surface area contributed by atoms with Gasteiger partial charge in [-0.05, 0) is 54.7 Å². The van der Waals surface area contributed by atoms with Crippen LogP contribution in [0.3, 0.4) is 0 Å². The van der Waals surface area contributed by atoms with Crippen molar-refractivity contribution in [2.45, 2.75) is 59.1 Å². The van der Waals surface area contributed by atoms with Crippen LogP contribution in [-0.2, 0) is 20.7 Å². The van der Waals surface area contributed by atoms with E-state index in [9.17, 15) is 22.8 Å². The first-order valence-electron chi connectivity index (χ1n) is 11.4. The van der Waals surface area contributed by atoms with Gasteiger partial charge in [0.1, 0.15) is 0 Å². The monoisotopic (exact) mass is 531 g/mol. The zero-order chi connectivity index (χ0) is 26.3. The topological polar surface area (TPSA) is 55.4 Å². The molecular weight excluding hydrogens is 502 g/mol. The third kappa shape index (κ3) is 7.87. The molecule has 2 aromatic rings. The molecule has 0 aliphatic carbocycles. The molecule has 0 heterocycles. The molecule has 0 saturated heterocycles. The molecule has 2 aromatic carbocycles. The number of benzene rings is 2. The number of hydrogen-bond acceptors (Lipinski definition) is 3. The van der Waals surface area contributed by atoms with Crippen LogP contribution in [0.15, 0.2) is 36.4 Å². The molecule has 0 aliphatic rings. The largest absolute Gasteiger partial charge is 0.465 e. The van der Waals surface area contributed by atoms with Crippen LogP contribution in [0.25, 0.3) is 0 Å². The lowest BCUT2D eigenvalue weighted by atomic mass is 9.85. The maximum absolute atomic E-state index is 13.6. The molecule has 0 fully saturated rings. The minimum Gasteiger partial charge on any atom is -0.465 e. The Kier molecular flexibility index (Phi) is 10.5. The zero-order valence-corrected chi connectivity index (χ0v) is 21.7. The number of nitrogens with one attached hydrogen (secondary N) is 1. The molecule has 0 saturated carbocycles. The Balaban J connectivity index is 2.31. The first-order chi connectivity index (χ1) is 16.4. The quantitative estimate of drug-likeness (QED) is 0.252. The molecule has 0 bridgehead atoms. The summed E-state index contributed by atoms with van der Waals surface area (Å²) < 4.78 is 46.2. The van der Waals surface area contributed by atoms with E-state index in [0.717, 1.165) is 25.3 Å². The summed E-state index contributed by atoms with van der Waals surface area (Å²) >= 11 is 12.2. The standard InChI is InChI=1S/C26H30Cl2F3NO3/c1-5-6-13-35-25(34)15(2)14-19-9-12-21(28)23(16(19)3)32-24(33)22(17(4)26(29,30)31)18-7-10-20(27)11-8-18/h7-12,15,17,22H,5-6,13-14H2,1-4H3,(H,32,33)/t15-,17-,22+/m1/s1. The van der Waals surface area contributed by atoms with Crippen molar-refractivity contribution in [2.75, 3.05) is 11.9 Å². The van der Waals surface area contributed by atoms with Gasteiger partial charge in [0.2, 0.25) is 5.91 Å². The second-order valence-electron chi connectivity index (χ2n) is 8.68. The van der Waals surface area contributed by atoms with E-state index < -0.39 is 29.8 Å². The fourth-order valence-electron chi connectivity index (χ4n) is 3.70. The highest BCUT2D eigenvalue weighted by atomic mass is 35.5. The summed E-state index contributed by atoms with van der Waals surface area (Å²) in [6.07, 6.45) is -2.59. The van der Waals surface area contributed by atoms with Gasteiger partial charge in [0.05, 0.1) is 35.1 Å². The third-order valence-electron chi connectivity index (χ3n) is 5.97. The minimum absolute atomic E-state index is 0.185. The van der Waals surface area contributed by atoms with Crippen LogP contribution >= 0.6 is 23.2 Å². The average molecular weight is 532 g/mol. The lowest BCUT2D eigenvalue weighted by Gasteiger charge is -2.26. The smallest absolute Gasteiger partial charge is 0.392 e. The lowest BCUT2D eigenvalue weighted by molar-refractivity contribution is -0.178. The molecule has 1 amide bonds. The number of unbranched alkanes of at least 4 members (excludes halogenated alkanes) is 1. The molecule has 192 valence electrons. The SMILES string of the molecule is CCCCOC(=O)[C@H](C)Cc1ccc(Cl)c(NC(=O)[C@H](c2ccc(Cl)cc2)[C@@H](C)C(F)(F)F)c1C. The van der Waals surface area contributed by atoms with Gasteiger partial charge in [-0.25, -0.2) is 0 Å². The van der Waals surface area contributed by atoms with Crippen LogP contribution in [0.2, 0.25) is 10.0 Å². The number of esters is 1. The van der Waals surface area contributed by atoms with Crippen molar-refractivity contribution in [1.82, 2.24) is 0 Å². The van der Waals surface area contributed by atoms with Crippen molar-refractivity contribution in [3.63, 3.8) is 0 Å². The number of amides is 1. The van der Waals surface area contributed by atoms with Gasteiger partial charge in [-0.1, -0.05) is 68.6 Å². The van der Waals surface area contributed by atoms with E-state index in [0.29, 0.717) is 23.6 Å². The number of anilines is 1. The highest BCUT2D eigenvalue weighted by Crippen LogP contribution is 2.39. The Bertz CT molecular complexity index is 1030. The molecule has 0 unspecified atom stereocenters. The Hall–Kier alpha value is -2.25.